The van der Waals surface area contributed by atoms with Crippen LogP contribution < -0.4 is 9.47 Å². The first-order valence-electron chi connectivity index (χ1n) is 7.21. The first-order valence-corrected chi connectivity index (χ1v) is 7.21. The molecule has 0 saturated carbocycles. The number of methoxy groups -OCH3 is 2. The average molecular weight is 329 g/mol. The van der Waals surface area contributed by atoms with Crippen LogP contribution in [0.15, 0.2) is 42.5 Å². The molecule has 1 aliphatic heterocycles. The second kappa shape index (κ2) is 6.29. The van der Waals surface area contributed by atoms with Crippen molar-refractivity contribution in [3.8, 4) is 11.5 Å². The zero-order valence-corrected chi connectivity index (χ0v) is 13.1. The lowest BCUT2D eigenvalue weighted by Gasteiger charge is -2.08. The largest absolute Gasteiger partial charge is 0.493 e. The van der Waals surface area contributed by atoms with Gasteiger partial charge in [0.2, 0.25) is 0 Å². The summed E-state index contributed by atoms with van der Waals surface area (Å²) in [6, 6.07) is 10.9. The molecule has 124 valence electrons. The Morgan fingerprint density at radius 1 is 1.08 bits per heavy atom. The third-order valence-electron chi connectivity index (χ3n) is 3.85. The molecule has 0 spiro atoms. The molecule has 0 radical (unpaired) electrons. The van der Waals surface area contributed by atoms with Gasteiger partial charge in [0.05, 0.1) is 19.1 Å². The van der Waals surface area contributed by atoms with Crippen LogP contribution in [0.3, 0.4) is 0 Å². The number of rotatable bonds is 6. The fourth-order valence-corrected chi connectivity index (χ4v) is 2.50. The van der Waals surface area contributed by atoms with Crippen molar-refractivity contribution in [2.75, 3.05) is 14.2 Å². The Bertz CT molecular complexity index is 786. The van der Waals surface area contributed by atoms with Crippen LogP contribution >= 0.6 is 0 Å². The maximum atomic E-state index is 12.5. The van der Waals surface area contributed by atoms with E-state index in [1.807, 2.05) is 0 Å². The summed E-state index contributed by atoms with van der Waals surface area (Å²) < 4.78 is 15.8. The Morgan fingerprint density at radius 3 is 2.33 bits per heavy atom. The lowest BCUT2D eigenvalue weighted by molar-refractivity contribution is -0.384. The zero-order valence-electron chi connectivity index (χ0n) is 13.1. The molecule has 3 rings (SSSR count). The van der Waals surface area contributed by atoms with Gasteiger partial charge in [0, 0.05) is 17.7 Å². The molecule has 0 aliphatic carbocycles. The second-order valence-corrected chi connectivity index (χ2v) is 5.26. The summed E-state index contributed by atoms with van der Waals surface area (Å²) in [5, 5.41) is 10.7. The molecule has 2 aromatic carbocycles. The van der Waals surface area contributed by atoms with E-state index in [1.54, 1.807) is 30.3 Å². The minimum atomic E-state index is -0.593. The number of epoxide rings is 1. The Morgan fingerprint density at radius 2 is 1.75 bits per heavy atom. The molecule has 0 bridgehead atoms. The smallest absolute Gasteiger partial charge is 0.269 e. The van der Waals surface area contributed by atoms with Gasteiger partial charge >= 0.3 is 0 Å². The fourth-order valence-electron chi connectivity index (χ4n) is 2.50. The number of hydrogen-bond acceptors (Lipinski definition) is 6. The molecule has 2 unspecified atom stereocenters. The predicted octanol–water partition coefficient (Wildman–Crippen LogP) is 2.93. The van der Waals surface area contributed by atoms with Crippen LogP contribution in [0.4, 0.5) is 5.69 Å². The van der Waals surface area contributed by atoms with E-state index in [2.05, 4.69) is 0 Å². The fraction of sp³-hybridized carbons (Fsp3) is 0.235. The number of carbonyl (C=O) groups is 1. The van der Waals surface area contributed by atoms with E-state index >= 15 is 0 Å². The van der Waals surface area contributed by atoms with Gasteiger partial charge in [0.1, 0.15) is 6.10 Å². The van der Waals surface area contributed by atoms with Gasteiger partial charge in [0.25, 0.3) is 5.69 Å². The topological polar surface area (TPSA) is 91.2 Å². The van der Waals surface area contributed by atoms with Crippen LogP contribution in [-0.2, 0) is 4.74 Å². The number of Topliss-reactive ketones (excluding diaryl/α,β-unsaturated/α-hetero) is 1. The number of benzene rings is 2. The van der Waals surface area contributed by atoms with Gasteiger partial charge in [-0.25, -0.2) is 0 Å². The summed E-state index contributed by atoms with van der Waals surface area (Å²) in [4.78, 5) is 22.7. The minimum Gasteiger partial charge on any atom is -0.493 e. The predicted molar refractivity (Wildman–Crippen MR) is 84.6 cm³/mol. The van der Waals surface area contributed by atoms with Gasteiger partial charge in [-0.05, 0) is 35.9 Å². The highest BCUT2D eigenvalue weighted by Gasteiger charge is 2.46. The molecular weight excluding hydrogens is 314 g/mol. The van der Waals surface area contributed by atoms with E-state index in [-0.39, 0.29) is 17.6 Å². The third kappa shape index (κ3) is 2.93. The average Bonchev–Trinajstić information content (AvgIpc) is 3.41. The van der Waals surface area contributed by atoms with Crippen molar-refractivity contribution < 1.29 is 23.9 Å². The Balaban J connectivity index is 1.75. The Labute approximate surface area is 137 Å². The van der Waals surface area contributed by atoms with E-state index in [0.717, 1.165) is 5.56 Å². The van der Waals surface area contributed by atoms with Crippen LogP contribution in [0, 0.1) is 10.1 Å². The normalized spacial score (nSPS) is 18.8. The van der Waals surface area contributed by atoms with Gasteiger partial charge in [0.15, 0.2) is 23.4 Å². The number of ether oxygens (including phenoxy) is 3. The molecule has 1 fully saturated rings. The molecule has 0 amide bonds. The van der Waals surface area contributed by atoms with E-state index < -0.39 is 11.0 Å². The van der Waals surface area contributed by atoms with Gasteiger partial charge in [-0.3, -0.25) is 14.9 Å². The van der Waals surface area contributed by atoms with Crippen molar-refractivity contribution in [1.82, 2.24) is 0 Å². The van der Waals surface area contributed by atoms with Gasteiger partial charge in [-0.2, -0.15) is 0 Å². The number of ketones is 1. The van der Waals surface area contributed by atoms with E-state index in [0.29, 0.717) is 17.1 Å². The van der Waals surface area contributed by atoms with Crippen LogP contribution in [-0.4, -0.2) is 31.0 Å². The lowest BCUT2D eigenvalue weighted by Crippen LogP contribution is -2.08. The van der Waals surface area contributed by atoms with Crippen LogP contribution in [0.5, 0.6) is 11.5 Å². The van der Waals surface area contributed by atoms with Gasteiger partial charge in [-0.1, -0.05) is 0 Å². The molecule has 1 saturated heterocycles. The highest BCUT2D eigenvalue weighted by atomic mass is 16.6. The number of carbonyl (C=O) groups excluding carboxylic acids is 1. The number of non-ortho nitro benzene ring substituents is 1. The van der Waals surface area contributed by atoms with Crippen molar-refractivity contribution >= 4 is 11.5 Å². The number of nitro benzene ring substituents is 1. The number of hydrogen-bond donors (Lipinski definition) is 0. The molecule has 7 nitrogen and oxygen atoms in total. The SMILES string of the molecule is COc1ccc(C(=O)C2OC2c2ccc([N+](=O)[O-])cc2)cc1OC. The first kappa shape index (κ1) is 15.9. The van der Waals surface area contributed by atoms with Crippen molar-refractivity contribution in [3.63, 3.8) is 0 Å². The van der Waals surface area contributed by atoms with Crippen LogP contribution in [0.1, 0.15) is 22.0 Å². The van der Waals surface area contributed by atoms with Crippen LogP contribution in [0.25, 0.3) is 0 Å². The lowest BCUT2D eigenvalue weighted by atomic mass is 10.0. The highest BCUT2D eigenvalue weighted by Crippen LogP contribution is 2.41. The van der Waals surface area contributed by atoms with E-state index in [1.165, 1.54) is 26.4 Å². The number of nitrogens with zero attached hydrogens (tertiary/aromatic N) is 1. The third-order valence-corrected chi connectivity index (χ3v) is 3.85. The summed E-state index contributed by atoms with van der Waals surface area (Å²) in [7, 11) is 3.02. The second-order valence-electron chi connectivity index (χ2n) is 5.26. The Hall–Kier alpha value is -2.93. The molecule has 0 aromatic heterocycles. The quantitative estimate of drug-likeness (QED) is 0.350. The van der Waals surface area contributed by atoms with Crippen molar-refractivity contribution in [2.24, 2.45) is 0 Å². The van der Waals surface area contributed by atoms with Crippen LogP contribution in [0.2, 0.25) is 0 Å². The highest BCUT2D eigenvalue weighted by molar-refractivity contribution is 6.02. The summed E-state index contributed by atoms with van der Waals surface area (Å²) in [5.41, 5.74) is 1.20. The maximum Gasteiger partial charge on any atom is 0.269 e. The summed E-state index contributed by atoms with van der Waals surface area (Å²) in [5.74, 6) is 0.841. The molecule has 1 aliphatic rings. The maximum absolute atomic E-state index is 12.5. The zero-order chi connectivity index (χ0) is 17.3. The van der Waals surface area contributed by atoms with E-state index in [9.17, 15) is 14.9 Å². The Kier molecular flexibility index (Phi) is 4.18. The first-order chi connectivity index (χ1) is 11.5. The number of nitro groups is 1. The standard InChI is InChI=1S/C17H15NO6/c1-22-13-8-5-11(9-14(13)23-2)15(19)17-16(24-17)10-3-6-12(7-4-10)18(20)21/h3-9,16-17H,1-2H3. The van der Waals surface area contributed by atoms with Gasteiger partial charge in [-0.15, -0.1) is 0 Å². The molecule has 1 heterocycles. The van der Waals surface area contributed by atoms with Crippen molar-refractivity contribution in [2.45, 2.75) is 12.2 Å². The van der Waals surface area contributed by atoms with Gasteiger partial charge < -0.3 is 14.2 Å². The molecular formula is C17H15NO6. The van der Waals surface area contributed by atoms with E-state index in [4.69, 9.17) is 14.2 Å². The molecule has 24 heavy (non-hydrogen) atoms. The molecule has 7 heteroatoms. The van der Waals surface area contributed by atoms with Crippen molar-refractivity contribution in [3.05, 3.63) is 63.7 Å². The molecule has 2 aromatic rings. The minimum absolute atomic E-state index is 0.00201. The summed E-state index contributed by atoms with van der Waals surface area (Å²) >= 11 is 0. The molecule has 2 atom stereocenters. The summed E-state index contributed by atoms with van der Waals surface area (Å²) in [6.07, 6.45) is -0.976. The molecule has 0 N–H and O–H groups in total. The monoisotopic (exact) mass is 329 g/mol. The van der Waals surface area contributed by atoms with Crippen molar-refractivity contribution in [1.29, 1.82) is 0 Å². The summed E-state index contributed by atoms with van der Waals surface area (Å²) in [6.45, 7) is 0.